The van der Waals surface area contributed by atoms with Crippen LogP contribution in [-0.2, 0) is 21.4 Å². The van der Waals surface area contributed by atoms with Crippen molar-refractivity contribution in [3.63, 3.8) is 0 Å². The summed E-state index contributed by atoms with van der Waals surface area (Å²) in [5.74, 6) is -0.408. The number of fused-ring (bicyclic) bond motifs is 1. The lowest BCUT2D eigenvalue weighted by molar-refractivity contribution is -0.274. The van der Waals surface area contributed by atoms with Gasteiger partial charge in [-0.3, -0.25) is 4.79 Å². The minimum atomic E-state index is -4.87. The molecule has 0 aliphatic heterocycles. The monoisotopic (exact) mass is 482 g/mol. The summed E-state index contributed by atoms with van der Waals surface area (Å²) in [4.78, 5) is 22.4. The number of aryl methyl sites for hydroxylation is 1. The predicted octanol–water partition coefficient (Wildman–Crippen LogP) is 3.16. The van der Waals surface area contributed by atoms with Crippen LogP contribution >= 0.6 is 0 Å². The third-order valence-corrected chi connectivity index (χ3v) is 6.12. The fraction of sp³-hybridized carbons (Fsp3) is 0.286. The Balaban J connectivity index is 1.55. The van der Waals surface area contributed by atoms with Crippen molar-refractivity contribution in [2.45, 2.75) is 31.1 Å². The zero-order chi connectivity index (χ0) is 24.2. The largest absolute Gasteiger partial charge is 0.573 e. The summed E-state index contributed by atoms with van der Waals surface area (Å²) in [7, 11) is -2.45. The molecule has 12 heteroatoms. The number of hydrogen-bond acceptors (Lipinski definition) is 6. The number of hydrogen-bond donors (Lipinski definition) is 1. The van der Waals surface area contributed by atoms with E-state index in [9.17, 15) is 26.4 Å². The highest BCUT2D eigenvalue weighted by Gasteiger charge is 2.31. The standard InChI is InChI=1S/C21H21F3N4O4S/c1-14-17-5-3-4-6-18(17)27-19(26-14)13-28(2)20(29)11-12-25-33(30,31)16-9-7-15(8-10-16)32-21(22,23)24/h3-10,25H,11-13H2,1-2H3. The Labute approximate surface area is 188 Å². The van der Waals surface area contributed by atoms with Crippen LogP contribution in [0.2, 0.25) is 0 Å². The van der Waals surface area contributed by atoms with Crippen LogP contribution in [0.15, 0.2) is 53.4 Å². The first kappa shape index (κ1) is 24.4. The van der Waals surface area contributed by atoms with Gasteiger partial charge in [-0.1, -0.05) is 18.2 Å². The Kier molecular flexibility index (Phi) is 7.18. The van der Waals surface area contributed by atoms with Gasteiger partial charge in [-0.05, 0) is 37.3 Å². The Bertz CT molecular complexity index is 1250. The Morgan fingerprint density at radius 3 is 2.42 bits per heavy atom. The molecule has 0 unspecified atom stereocenters. The molecule has 2 aromatic carbocycles. The number of carbonyl (C=O) groups is 1. The number of aromatic nitrogens is 2. The lowest BCUT2D eigenvalue weighted by atomic mass is 10.2. The first-order valence-corrected chi connectivity index (χ1v) is 11.2. The molecule has 0 saturated heterocycles. The van der Waals surface area contributed by atoms with Crippen LogP contribution in [0.5, 0.6) is 5.75 Å². The first-order valence-electron chi connectivity index (χ1n) is 9.76. The van der Waals surface area contributed by atoms with Gasteiger partial charge in [0.25, 0.3) is 0 Å². The summed E-state index contributed by atoms with van der Waals surface area (Å²) in [5, 5.41) is 0.919. The summed E-state index contributed by atoms with van der Waals surface area (Å²) in [5.41, 5.74) is 1.55. The molecule has 33 heavy (non-hydrogen) atoms. The summed E-state index contributed by atoms with van der Waals surface area (Å²) >= 11 is 0. The quantitative estimate of drug-likeness (QED) is 0.529. The maximum atomic E-state index is 12.4. The number of nitrogens with one attached hydrogen (secondary N) is 1. The molecule has 0 saturated carbocycles. The summed E-state index contributed by atoms with van der Waals surface area (Å²) in [6.45, 7) is 1.81. The number of alkyl halides is 3. The number of benzene rings is 2. The number of sulfonamides is 1. The van der Waals surface area contributed by atoms with Gasteiger partial charge >= 0.3 is 6.36 Å². The molecule has 3 aromatic rings. The van der Waals surface area contributed by atoms with E-state index in [4.69, 9.17) is 0 Å². The minimum Gasteiger partial charge on any atom is -0.406 e. The first-order chi connectivity index (χ1) is 15.4. The molecule has 0 aliphatic carbocycles. The Hall–Kier alpha value is -3.25. The molecule has 1 N–H and O–H groups in total. The van der Waals surface area contributed by atoms with Gasteiger partial charge in [0, 0.05) is 31.1 Å². The molecule has 1 heterocycles. The third kappa shape index (κ3) is 6.62. The molecule has 1 aromatic heterocycles. The van der Waals surface area contributed by atoms with E-state index in [1.807, 2.05) is 31.2 Å². The number of amides is 1. The SMILES string of the molecule is Cc1nc(CN(C)C(=O)CCNS(=O)(=O)c2ccc(OC(F)(F)F)cc2)nc2ccccc12. The molecule has 3 rings (SSSR count). The van der Waals surface area contributed by atoms with Crippen molar-refractivity contribution in [3.05, 3.63) is 60.0 Å². The fourth-order valence-electron chi connectivity index (χ4n) is 3.05. The van der Waals surface area contributed by atoms with E-state index in [0.717, 1.165) is 40.9 Å². The van der Waals surface area contributed by atoms with Crippen LogP contribution in [0, 0.1) is 6.92 Å². The molecular formula is C21H21F3N4O4S. The maximum Gasteiger partial charge on any atom is 0.573 e. The molecule has 0 bridgehead atoms. The zero-order valence-corrected chi connectivity index (χ0v) is 18.6. The van der Waals surface area contributed by atoms with Gasteiger partial charge in [-0.15, -0.1) is 13.2 Å². The average Bonchev–Trinajstić information content (AvgIpc) is 2.73. The van der Waals surface area contributed by atoms with Crippen LogP contribution < -0.4 is 9.46 Å². The van der Waals surface area contributed by atoms with Crippen LogP contribution in [0.4, 0.5) is 13.2 Å². The molecule has 0 fully saturated rings. The van der Waals surface area contributed by atoms with E-state index in [-0.39, 0.29) is 30.3 Å². The van der Waals surface area contributed by atoms with E-state index in [1.54, 1.807) is 7.05 Å². The maximum absolute atomic E-state index is 12.4. The van der Waals surface area contributed by atoms with Crippen LogP contribution in [0.1, 0.15) is 17.9 Å². The number of rotatable bonds is 8. The molecule has 1 amide bonds. The second-order valence-corrected chi connectivity index (χ2v) is 8.93. The second-order valence-electron chi connectivity index (χ2n) is 7.16. The van der Waals surface area contributed by atoms with Crippen molar-refractivity contribution in [2.75, 3.05) is 13.6 Å². The normalized spacial score (nSPS) is 12.0. The van der Waals surface area contributed by atoms with Gasteiger partial charge in [0.05, 0.1) is 17.0 Å². The van der Waals surface area contributed by atoms with E-state index >= 15 is 0 Å². The van der Waals surface area contributed by atoms with E-state index in [1.165, 1.54) is 4.90 Å². The van der Waals surface area contributed by atoms with Crippen LogP contribution in [0.3, 0.4) is 0 Å². The number of para-hydroxylation sites is 1. The van der Waals surface area contributed by atoms with Crippen molar-refractivity contribution in [1.82, 2.24) is 19.6 Å². The van der Waals surface area contributed by atoms with Crippen molar-refractivity contribution in [1.29, 1.82) is 0 Å². The van der Waals surface area contributed by atoms with Crippen molar-refractivity contribution in [2.24, 2.45) is 0 Å². The molecule has 0 spiro atoms. The van der Waals surface area contributed by atoms with Gasteiger partial charge in [-0.2, -0.15) is 0 Å². The number of ether oxygens (including phenoxy) is 1. The lowest BCUT2D eigenvalue weighted by Gasteiger charge is -2.17. The summed E-state index contributed by atoms with van der Waals surface area (Å²) in [6, 6.07) is 11.3. The van der Waals surface area contributed by atoms with Gasteiger partial charge < -0.3 is 9.64 Å². The molecular weight excluding hydrogens is 461 g/mol. The van der Waals surface area contributed by atoms with Crippen molar-refractivity contribution in [3.8, 4) is 5.75 Å². The van der Waals surface area contributed by atoms with Crippen LogP contribution in [0.25, 0.3) is 10.9 Å². The average molecular weight is 482 g/mol. The Morgan fingerprint density at radius 2 is 1.76 bits per heavy atom. The smallest absolute Gasteiger partial charge is 0.406 e. The second kappa shape index (κ2) is 9.71. The van der Waals surface area contributed by atoms with E-state index in [2.05, 4.69) is 19.4 Å². The Morgan fingerprint density at radius 1 is 1.09 bits per heavy atom. The molecule has 176 valence electrons. The predicted molar refractivity (Wildman–Crippen MR) is 114 cm³/mol. The molecule has 0 radical (unpaired) electrons. The molecule has 0 aliphatic rings. The van der Waals surface area contributed by atoms with E-state index in [0.29, 0.717) is 5.82 Å². The number of nitrogens with zero attached hydrogens (tertiary/aromatic N) is 3. The highest BCUT2D eigenvalue weighted by molar-refractivity contribution is 7.89. The molecule has 8 nitrogen and oxygen atoms in total. The number of carbonyl (C=O) groups excluding carboxylic acids is 1. The fourth-order valence-corrected chi connectivity index (χ4v) is 4.08. The third-order valence-electron chi connectivity index (χ3n) is 4.64. The van der Waals surface area contributed by atoms with Gasteiger partial charge in [-0.25, -0.2) is 23.1 Å². The minimum absolute atomic E-state index is 0.127. The summed E-state index contributed by atoms with van der Waals surface area (Å²) < 4.78 is 67.2. The van der Waals surface area contributed by atoms with Gasteiger partial charge in [0.15, 0.2) is 0 Å². The van der Waals surface area contributed by atoms with Gasteiger partial charge in [0.1, 0.15) is 11.6 Å². The number of halogens is 3. The topological polar surface area (TPSA) is 101 Å². The molecule has 0 atom stereocenters. The van der Waals surface area contributed by atoms with Gasteiger partial charge in [0.2, 0.25) is 15.9 Å². The van der Waals surface area contributed by atoms with Crippen LogP contribution in [-0.4, -0.2) is 49.1 Å². The summed E-state index contributed by atoms with van der Waals surface area (Å²) in [6.07, 6.45) is -5.00. The van der Waals surface area contributed by atoms with E-state index < -0.39 is 22.1 Å². The lowest BCUT2D eigenvalue weighted by Crippen LogP contribution is -2.32. The zero-order valence-electron chi connectivity index (χ0n) is 17.8. The highest BCUT2D eigenvalue weighted by Crippen LogP contribution is 2.23. The highest BCUT2D eigenvalue weighted by atomic mass is 32.2. The van der Waals surface area contributed by atoms with Crippen molar-refractivity contribution < 1.29 is 31.1 Å². The van der Waals surface area contributed by atoms with Crippen molar-refractivity contribution >= 4 is 26.8 Å².